The second kappa shape index (κ2) is 7.39. The number of carbonyl (C=O) groups excluding carboxylic acids is 2. The Bertz CT molecular complexity index is 877. The van der Waals surface area contributed by atoms with Gasteiger partial charge in [0.2, 0.25) is 0 Å². The average molecular weight is 336 g/mol. The Morgan fingerprint density at radius 1 is 1.20 bits per heavy atom. The first-order valence-electron chi connectivity index (χ1n) is 7.71. The fraction of sp³-hybridized carbons (Fsp3) is 0.111. The van der Waals surface area contributed by atoms with E-state index in [1.807, 2.05) is 0 Å². The van der Waals surface area contributed by atoms with E-state index in [1.54, 1.807) is 72.8 Å². The Hall–Kier alpha value is -3.48. The molecule has 1 amide bonds. The highest BCUT2D eigenvalue weighted by atomic mass is 16.5. The number of ether oxygens (including phenoxy) is 1. The number of imidazole rings is 1. The third kappa shape index (κ3) is 3.72. The van der Waals surface area contributed by atoms with Crippen LogP contribution in [0, 0.1) is 0 Å². The van der Waals surface area contributed by atoms with Gasteiger partial charge in [0.25, 0.3) is 5.91 Å². The van der Waals surface area contributed by atoms with Crippen molar-refractivity contribution in [3.63, 3.8) is 0 Å². The SMILES string of the molecule is CCOC(=O)c1ccc(-n2ccnc2)c(NC(=O)c2ccccn2)c1. The number of amides is 1. The predicted octanol–water partition coefficient (Wildman–Crippen LogP) is 2.70. The van der Waals surface area contributed by atoms with Gasteiger partial charge in [-0.3, -0.25) is 9.78 Å². The maximum Gasteiger partial charge on any atom is 0.338 e. The van der Waals surface area contributed by atoms with E-state index in [0.717, 1.165) is 0 Å². The quantitative estimate of drug-likeness (QED) is 0.724. The highest BCUT2D eigenvalue weighted by Gasteiger charge is 2.15. The molecule has 0 unspecified atom stereocenters. The van der Waals surface area contributed by atoms with E-state index in [9.17, 15) is 9.59 Å². The molecule has 0 aliphatic heterocycles. The summed E-state index contributed by atoms with van der Waals surface area (Å²) >= 11 is 0. The van der Waals surface area contributed by atoms with Gasteiger partial charge in [0.1, 0.15) is 5.69 Å². The third-order valence-electron chi connectivity index (χ3n) is 3.44. The standard InChI is InChI=1S/C18H16N4O3/c1-2-25-18(24)13-6-7-16(22-10-9-19-12-22)15(11-13)21-17(23)14-5-3-4-8-20-14/h3-12H,2H2,1H3,(H,21,23). The van der Waals surface area contributed by atoms with Crippen LogP contribution in [0.4, 0.5) is 5.69 Å². The van der Waals surface area contributed by atoms with Crippen LogP contribution in [0.2, 0.25) is 0 Å². The minimum atomic E-state index is -0.451. The van der Waals surface area contributed by atoms with E-state index >= 15 is 0 Å². The van der Waals surface area contributed by atoms with Crippen LogP contribution in [0.1, 0.15) is 27.8 Å². The molecule has 126 valence electrons. The summed E-state index contributed by atoms with van der Waals surface area (Å²) in [7, 11) is 0. The van der Waals surface area contributed by atoms with E-state index < -0.39 is 5.97 Å². The Morgan fingerprint density at radius 2 is 2.08 bits per heavy atom. The molecule has 7 heteroatoms. The summed E-state index contributed by atoms with van der Waals surface area (Å²) in [5.41, 5.74) is 1.76. The van der Waals surface area contributed by atoms with Gasteiger partial charge in [0.15, 0.2) is 0 Å². The lowest BCUT2D eigenvalue weighted by Crippen LogP contribution is -2.16. The monoisotopic (exact) mass is 336 g/mol. The van der Waals surface area contributed by atoms with Gasteiger partial charge in [-0.1, -0.05) is 6.07 Å². The average Bonchev–Trinajstić information content (AvgIpc) is 3.17. The molecule has 0 saturated heterocycles. The van der Waals surface area contributed by atoms with Gasteiger partial charge >= 0.3 is 5.97 Å². The molecule has 0 saturated carbocycles. The van der Waals surface area contributed by atoms with Crippen LogP contribution in [-0.2, 0) is 4.74 Å². The summed E-state index contributed by atoms with van der Waals surface area (Å²) in [6, 6.07) is 10.0. The number of esters is 1. The smallest absolute Gasteiger partial charge is 0.338 e. The van der Waals surface area contributed by atoms with Crippen LogP contribution in [0.25, 0.3) is 5.69 Å². The zero-order chi connectivity index (χ0) is 17.6. The molecule has 2 heterocycles. The van der Waals surface area contributed by atoms with Gasteiger partial charge in [0, 0.05) is 18.6 Å². The summed E-state index contributed by atoms with van der Waals surface area (Å²) in [6.45, 7) is 2.01. The number of aromatic nitrogens is 3. The number of benzene rings is 1. The van der Waals surface area contributed by atoms with Crippen molar-refractivity contribution in [3.8, 4) is 5.69 Å². The highest BCUT2D eigenvalue weighted by Crippen LogP contribution is 2.23. The second-order valence-corrected chi connectivity index (χ2v) is 5.09. The lowest BCUT2D eigenvalue weighted by molar-refractivity contribution is 0.0526. The van der Waals surface area contributed by atoms with Gasteiger partial charge in [-0.05, 0) is 37.3 Å². The van der Waals surface area contributed by atoms with Gasteiger partial charge < -0.3 is 14.6 Å². The highest BCUT2D eigenvalue weighted by molar-refractivity contribution is 6.04. The molecule has 25 heavy (non-hydrogen) atoms. The number of nitrogens with zero attached hydrogens (tertiary/aromatic N) is 3. The normalized spacial score (nSPS) is 10.3. The summed E-state index contributed by atoms with van der Waals surface area (Å²) < 4.78 is 6.76. The first kappa shape index (κ1) is 16.4. The molecule has 7 nitrogen and oxygen atoms in total. The number of hydrogen-bond acceptors (Lipinski definition) is 5. The van der Waals surface area contributed by atoms with Crippen LogP contribution in [0.5, 0.6) is 0 Å². The van der Waals surface area contributed by atoms with E-state index in [4.69, 9.17) is 4.74 Å². The zero-order valence-electron chi connectivity index (χ0n) is 13.5. The lowest BCUT2D eigenvalue weighted by atomic mass is 10.1. The summed E-state index contributed by atoms with van der Waals surface area (Å²) in [6.07, 6.45) is 6.52. The predicted molar refractivity (Wildman–Crippen MR) is 91.7 cm³/mol. The van der Waals surface area contributed by atoms with Crippen LogP contribution >= 0.6 is 0 Å². The zero-order valence-corrected chi connectivity index (χ0v) is 13.5. The van der Waals surface area contributed by atoms with Crippen molar-refractivity contribution in [1.29, 1.82) is 0 Å². The molecule has 3 aromatic rings. The number of pyridine rings is 1. The van der Waals surface area contributed by atoms with Crippen molar-refractivity contribution >= 4 is 17.6 Å². The van der Waals surface area contributed by atoms with Crippen LogP contribution in [0.15, 0.2) is 61.3 Å². The minimum absolute atomic E-state index is 0.276. The molecule has 0 bridgehead atoms. The molecule has 0 atom stereocenters. The van der Waals surface area contributed by atoms with Crippen molar-refractivity contribution in [3.05, 3.63) is 72.6 Å². The first-order chi connectivity index (χ1) is 12.2. The van der Waals surface area contributed by atoms with Gasteiger partial charge in [-0.2, -0.15) is 0 Å². The fourth-order valence-electron chi connectivity index (χ4n) is 2.29. The largest absolute Gasteiger partial charge is 0.462 e. The van der Waals surface area contributed by atoms with Crippen molar-refractivity contribution in [2.45, 2.75) is 6.92 Å². The molecule has 3 rings (SSSR count). The Labute approximate surface area is 144 Å². The molecule has 2 aromatic heterocycles. The van der Waals surface area contributed by atoms with Crippen molar-refractivity contribution < 1.29 is 14.3 Å². The topological polar surface area (TPSA) is 86.1 Å². The van der Waals surface area contributed by atoms with Gasteiger partial charge in [0.05, 0.1) is 29.9 Å². The van der Waals surface area contributed by atoms with Gasteiger partial charge in [-0.15, -0.1) is 0 Å². The molecular formula is C18H16N4O3. The van der Waals surface area contributed by atoms with E-state index in [-0.39, 0.29) is 18.2 Å². The van der Waals surface area contributed by atoms with Gasteiger partial charge in [-0.25, -0.2) is 9.78 Å². The second-order valence-electron chi connectivity index (χ2n) is 5.09. The Kier molecular flexibility index (Phi) is 4.84. The number of anilines is 1. The van der Waals surface area contributed by atoms with Crippen molar-refractivity contribution in [2.75, 3.05) is 11.9 Å². The van der Waals surface area contributed by atoms with Crippen LogP contribution in [0.3, 0.4) is 0 Å². The Morgan fingerprint density at radius 3 is 2.76 bits per heavy atom. The summed E-state index contributed by atoms with van der Waals surface area (Å²) in [5.74, 6) is -0.823. The Balaban J connectivity index is 1.97. The minimum Gasteiger partial charge on any atom is -0.462 e. The summed E-state index contributed by atoms with van der Waals surface area (Å²) in [4.78, 5) is 32.5. The van der Waals surface area contributed by atoms with Crippen molar-refractivity contribution in [2.24, 2.45) is 0 Å². The molecular weight excluding hydrogens is 320 g/mol. The number of hydrogen-bond donors (Lipinski definition) is 1. The molecule has 0 aliphatic carbocycles. The van der Waals surface area contributed by atoms with E-state index in [2.05, 4.69) is 15.3 Å². The number of rotatable bonds is 5. The molecule has 0 radical (unpaired) electrons. The lowest BCUT2D eigenvalue weighted by Gasteiger charge is -2.13. The van der Waals surface area contributed by atoms with Crippen LogP contribution < -0.4 is 5.32 Å². The number of carbonyl (C=O) groups is 2. The third-order valence-corrected chi connectivity index (χ3v) is 3.44. The first-order valence-corrected chi connectivity index (χ1v) is 7.71. The molecule has 1 aromatic carbocycles. The molecule has 0 fully saturated rings. The maximum atomic E-state index is 12.4. The summed E-state index contributed by atoms with van der Waals surface area (Å²) in [5, 5.41) is 2.79. The number of nitrogens with one attached hydrogen (secondary N) is 1. The fourth-order valence-corrected chi connectivity index (χ4v) is 2.29. The van der Waals surface area contributed by atoms with E-state index in [1.165, 1.54) is 0 Å². The van der Waals surface area contributed by atoms with E-state index in [0.29, 0.717) is 16.9 Å². The molecule has 0 aliphatic rings. The molecule has 1 N–H and O–H groups in total. The maximum absolute atomic E-state index is 12.4. The molecule has 0 spiro atoms. The van der Waals surface area contributed by atoms with Crippen LogP contribution in [-0.4, -0.2) is 33.0 Å². The van der Waals surface area contributed by atoms with Crippen molar-refractivity contribution in [1.82, 2.24) is 14.5 Å².